The molecule has 0 fully saturated rings. The normalized spacial score (nSPS) is 11.5. The molecule has 0 bridgehead atoms. The molecule has 2 rings (SSSR count). The first kappa shape index (κ1) is 19.8. The minimum Gasteiger partial charge on any atom is -0.379 e. The van der Waals surface area contributed by atoms with Crippen molar-refractivity contribution in [3.8, 4) is 0 Å². The van der Waals surface area contributed by atoms with Crippen LogP contribution < -0.4 is 10.0 Å². The fourth-order valence-electron chi connectivity index (χ4n) is 2.35. The van der Waals surface area contributed by atoms with Crippen molar-refractivity contribution in [1.29, 1.82) is 0 Å². The Morgan fingerprint density at radius 2 is 1.81 bits per heavy atom. The van der Waals surface area contributed by atoms with Crippen molar-refractivity contribution < 1.29 is 17.7 Å². The predicted octanol–water partition coefficient (Wildman–Crippen LogP) is 3.08. The topological polar surface area (TPSA) is 101 Å². The van der Waals surface area contributed by atoms with Crippen LogP contribution in [0.2, 0.25) is 0 Å². The van der Waals surface area contributed by atoms with Crippen LogP contribution in [-0.4, -0.2) is 25.9 Å². The zero-order valence-corrected chi connectivity index (χ0v) is 15.2. The summed E-state index contributed by atoms with van der Waals surface area (Å²) in [5.41, 5.74) is 0.776. The summed E-state index contributed by atoms with van der Waals surface area (Å²) in [5, 5.41) is 14.2. The van der Waals surface area contributed by atoms with Gasteiger partial charge in [-0.25, -0.2) is 17.5 Å². The third-order valence-electron chi connectivity index (χ3n) is 3.51. The first-order valence-corrected chi connectivity index (χ1v) is 9.46. The summed E-state index contributed by atoms with van der Waals surface area (Å²) >= 11 is 0. The lowest BCUT2D eigenvalue weighted by Crippen LogP contribution is -2.30. The van der Waals surface area contributed by atoms with Gasteiger partial charge in [0.15, 0.2) is 0 Å². The highest BCUT2D eigenvalue weighted by molar-refractivity contribution is 7.89. The number of rotatable bonds is 8. The molecule has 2 N–H and O–H groups in total. The fraction of sp³-hybridized carbons (Fsp3) is 0.294. The summed E-state index contributed by atoms with van der Waals surface area (Å²) in [5.74, 6) is -0.329. The van der Waals surface area contributed by atoms with Crippen LogP contribution in [0.1, 0.15) is 19.4 Å². The van der Waals surface area contributed by atoms with Crippen molar-refractivity contribution in [2.45, 2.75) is 31.2 Å². The number of anilines is 1. The Kier molecular flexibility index (Phi) is 6.27. The molecule has 0 aromatic heterocycles. The van der Waals surface area contributed by atoms with Gasteiger partial charge in [-0.1, -0.05) is 12.1 Å². The number of nitrogens with zero attached hydrogens (tertiary/aromatic N) is 1. The van der Waals surface area contributed by atoms with E-state index in [4.69, 9.17) is 0 Å². The molecular formula is C17H20FN3O4S. The fourth-order valence-corrected chi connectivity index (χ4v) is 3.62. The molecule has 0 radical (unpaired) electrons. The van der Waals surface area contributed by atoms with Crippen molar-refractivity contribution in [2.24, 2.45) is 0 Å². The molecule has 0 atom stereocenters. The van der Waals surface area contributed by atoms with Crippen molar-refractivity contribution >= 4 is 21.4 Å². The number of halogens is 1. The van der Waals surface area contributed by atoms with Crippen LogP contribution in [0.4, 0.5) is 15.8 Å². The van der Waals surface area contributed by atoms with Crippen molar-refractivity contribution in [3.63, 3.8) is 0 Å². The molecule has 2 aromatic carbocycles. The minimum atomic E-state index is -3.82. The molecule has 0 amide bonds. The molecule has 0 saturated heterocycles. The SMILES string of the molecule is CC(C)NS(=O)(=O)c1ccc(NCCc2ccc(F)cc2)c([N+](=O)[O-])c1. The summed E-state index contributed by atoms with van der Waals surface area (Å²) in [6, 6.07) is 9.36. The summed E-state index contributed by atoms with van der Waals surface area (Å²) in [6.45, 7) is 3.71. The number of nitro benzene ring substituents is 1. The van der Waals surface area contributed by atoms with E-state index in [0.29, 0.717) is 13.0 Å². The second-order valence-electron chi connectivity index (χ2n) is 6.02. The standard InChI is InChI=1S/C17H20FN3O4S/c1-12(2)20-26(24,25)15-7-8-16(17(11-15)21(22)23)19-10-9-13-3-5-14(18)6-4-13/h3-8,11-12,19-20H,9-10H2,1-2H3. The molecule has 26 heavy (non-hydrogen) atoms. The highest BCUT2D eigenvalue weighted by Crippen LogP contribution is 2.27. The Morgan fingerprint density at radius 1 is 1.15 bits per heavy atom. The Labute approximate surface area is 151 Å². The molecule has 140 valence electrons. The molecule has 2 aromatic rings. The van der Waals surface area contributed by atoms with Gasteiger partial charge in [0.25, 0.3) is 5.69 Å². The van der Waals surface area contributed by atoms with Gasteiger partial charge in [0.05, 0.1) is 9.82 Å². The van der Waals surface area contributed by atoms with E-state index in [1.807, 2.05) is 0 Å². The van der Waals surface area contributed by atoms with Crippen molar-refractivity contribution in [2.75, 3.05) is 11.9 Å². The van der Waals surface area contributed by atoms with Gasteiger partial charge >= 0.3 is 0 Å². The summed E-state index contributed by atoms with van der Waals surface area (Å²) in [6.07, 6.45) is 0.534. The third-order valence-corrected chi connectivity index (χ3v) is 5.17. The monoisotopic (exact) mass is 381 g/mol. The summed E-state index contributed by atoms with van der Waals surface area (Å²) < 4.78 is 39.6. The predicted molar refractivity (Wildman–Crippen MR) is 97.1 cm³/mol. The smallest absolute Gasteiger partial charge is 0.293 e. The first-order valence-electron chi connectivity index (χ1n) is 7.98. The molecule has 0 heterocycles. The number of hydrogen-bond acceptors (Lipinski definition) is 5. The first-order chi connectivity index (χ1) is 12.2. The summed E-state index contributed by atoms with van der Waals surface area (Å²) in [7, 11) is -3.82. The molecule has 7 nitrogen and oxygen atoms in total. The minimum absolute atomic E-state index is 0.165. The van der Waals surface area contributed by atoms with Crippen molar-refractivity contribution in [3.05, 3.63) is 64.0 Å². The van der Waals surface area contributed by atoms with E-state index in [9.17, 15) is 22.9 Å². The van der Waals surface area contributed by atoms with Gasteiger partial charge in [0, 0.05) is 18.7 Å². The summed E-state index contributed by atoms with van der Waals surface area (Å²) in [4.78, 5) is 10.5. The highest BCUT2D eigenvalue weighted by atomic mass is 32.2. The molecular weight excluding hydrogens is 361 g/mol. The Balaban J connectivity index is 2.15. The average Bonchev–Trinajstić information content (AvgIpc) is 2.55. The van der Waals surface area contributed by atoms with E-state index in [1.54, 1.807) is 26.0 Å². The zero-order chi connectivity index (χ0) is 19.3. The van der Waals surface area contributed by atoms with Crippen LogP contribution >= 0.6 is 0 Å². The van der Waals surface area contributed by atoms with Gasteiger partial charge < -0.3 is 5.32 Å². The second-order valence-corrected chi connectivity index (χ2v) is 7.73. The van der Waals surface area contributed by atoms with Gasteiger partial charge in [-0.2, -0.15) is 0 Å². The number of nitrogens with one attached hydrogen (secondary N) is 2. The van der Waals surface area contributed by atoms with E-state index in [1.165, 1.54) is 24.3 Å². The molecule has 0 aliphatic rings. The molecule has 0 unspecified atom stereocenters. The molecule has 0 aliphatic heterocycles. The Bertz CT molecular complexity index is 883. The lowest BCUT2D eigenvalue weighted by Gasteiger charge is -2.11. The zero-order valence-electron chi connectivity index (χ0n) is 14.4. The maximum atomic E-state index is 12.9. The maximum Gasteiger partial charge on any atom is 0.293 e. The number of nitro groups is 1. The molecule has 0 saturated carbocycles. The number of hydrogen-bond donors (Lipinski definition) is 2. The van der Waals surface area contributed by atoms with Crippen LogP contribution in [0.25, 0.3) is 0 Å². The molecule has 9 heteroatoms. The maximum absolute atomic E-state index is 12.9. The third kappa shape index (κ3) is 5.24. The second kappa shape index (κ2) is 8.24. The Hall–Kier alpha value is -2.52. The van der Waals surface area contributed by atoms with Crippen LogP contribution in [0.15, 0.2) is 47.4 Å². The van der Waals surface area contributed by atoms with E-state index in [-0.39, 0.29) is 28.1 Å². The molecule has 0 spiro atoms. The van der Waals surface area contributed by atoms with Gasteiger partial charge in [0.2, 0.25) is 10.0 Å². The lowest BCUT2D eigenvalue weighted by atomic mass is 10.1. The van der Waals surface area contributed by atoms with Gasteiger partial charge in [-0.05, 0) is 50.1 Å². The van der Waals surface area contributed by atoms with Crippen LogP contribution in [0.3, 0.4) is 0 Å². The van der Waals surface area contributed by atoms with Gasteiger partial charge in [0.1, 0.15) is 11.5 Å². The van der Waals surface area contributed by atoms with E-state index >= 15 is 0 Å². The number of sulfonamides is 1. The van der Waals surface area contributed by atoms with E-state index < -0.39 is 14.9 Å². The number of benzene rings is 2. The van der Waals surface area contributed by atoms with Gasteiger partial charge in [-0.3, -0.25) is 10.1 Å². The van der Waals surface area contributed by atoms with Crippen LogP contribution in [-0.2, 0) is 16.4 Å². The molecule has 0 aliphatic carbocycles. The van der Waals surface area contributed by atoms with Crippen LogP contribution in [0, 0.1) is 15.9 Å². The largest absolute Gasteiger partial charge is 0.379 e. The average molecular weight is 381 g/mol. The highest BCUT2D eigenvalue weighted by Gasteiger charge is 2.21. The van der Waals surface area contributed by atoms with Gasteiger partial charge in [-0.15, -0.1) is 0 Å². The quantitative estimate of drug-likeness (QED) is 0.540. The lowest BCUT2D eigenvalue weighted by molar-refractivity contribution is -0.384. The van der Waals surface area contributed by atoms with E-state index in [0.717, 1.165) is 11.6 Å². The van der Waals surface area contributed by atoms with E-state index in [2.05, 4.69) is 10.0 Å². The van der Waals surface area contributed by atoms with Crippen LogP contribution in [0.5, 0.6) is 0 Å². The Morgan fingerprint density at radius 3 is 2.38 bits per heavy atom. The van der Waals surface area contributed by atoms with Crippen molar-refractivity contribution in [1.82, 2.24) is 4.72 Å².